The van der Waals surface area contributed by atoms with E-state index in [0.717, 1.165) is 23.3 Å². The van der Waals surface area contributed by atoms with Crippen LogP contribution < -0.4 is 0 Å². The van der Waals surface area contributed by atoms with Crippen LogP contribution in [0.15, 0.2) is 35.2 Å². The molecule has 0 unspecified atom stereocenters. The fraction of sp³-hybridized carbons (Fsp3) is 0.500. The molecule has 0 aliphatic carbocycles. The Morgan fingerprint density at radius 3 is 2.70 bits per heavy atom. The number of hydrogen-bond acceptors (Lipinski definition) is 4. The van der Waals surface area contributed by atoms with Crippen molar-refractivity contribution in [3.8, 4) is 11.8 Å². The van der Waals surface area contributed by atoms with Crippen molar-refractivity contribution < 1.29 is 9.53 Å². The summed E-state index contributed by atoms with van der Waals surface area (Å²) in [6, 6.07) is 10.3. The average Bonchev–Trinajstić information content (AvgIpc) is 3.21. The van der Waals surface area contributed by atoms with Crippen molar-refractivity contribution in [2.75, 3.05) is 12.4 Å². The third-order valence-corrected chi connectivity index (χ3v) is 7.62. The van der Waals surface area contributed by atoms with E-state index >= 15 is 0 Å². The number of carbonyl (C=O) groups excluding carboxylic acids is 1. The number of rotatable bonds is 8. The van der Waals surface area contributed by atoms with Gasteiger partial charge < -0.3 is 4.74 Å². The lowest BCUT2D eigenvalue weighted by Crippen LogP contribution is -2.22. The molecule has 0 N–H and O–H groups in total. The summed E-state index contributed by atoms with van der Waals surface area (Å²) in [6.45, 7) is 7.34. The van der Waals surface area contributed by atoms with Crippen LogP contribution in [-0.4, -0.2) is 18.3 Å². The Bertz CT molecular complexity index is 915. The zero-order chi connectivity index (χ0) is 21.4. The minimum absolute atomic E-state index is 0.203. The molecule has 1 aromatic carbocycles. The van der Waals surface area contributed by atoms with Crippen molar-refractivity contribution in [2.45, 2.75) is 76.0 Å². The molecule has 0 saturated carbocycles. The molecule has 0 saturated heterocycles. The topological polar surface area (TPSA) is 26.3 Å². The first-order chi connectivity index (χ1) is 14.5. The van der Waals surface area contributed by atoms with E-state index in [1.165, 1.54) is 59.7 Å². The zero-order valence-corrected chi connectivity index (χ0v) is 20.0. The predicted molar refractivity (Wildman–Crippen MR) is 129 cm³/mol. The van der Waals surface area contributed by atoms with Gasteiger partial charge in [0.05, 0.1) is 11.5 Å². The highest BCUT2D eigenvalue weighted by Gasteiger charge is 2.27. The number of thioether (sulfide) groups is 1. The molecule has 2 nitrogen and oxygen atoms in total. The molecule has 0 amide bonds. The van der Waals surface area contributed by atoms with Gasteiger partial charge in [-0.3, -0.25) is 0 Å². The molecule has 3 rings (SSSR count). The summed E-state index contributed by atoms with van der Waals surface area (Å²) in [4.78, 5) is 15.1. The maximum Gasteiger partial charge on any atom is 0.348 e. The van der Waals surface area contributed by atoms with Gasteiger partial charge in [-0.1, -0.05) is 64.7 Å². The number of thiophene rings is 1. The lowest BCUT2D eigenvalue weighted by molar-refractivity contribution is 0.0503. The van der Waals surface area contributed by atoms with E-state index in [0.29, 0.717) is 11.5 Å². The number of fused-ring (bicyclic) bond motifs is 1. The molecule has 0 spiro atoms. The van der Waals surface area contributed by atoms with E-state index < -0.39 is 0 Å². The number of benzene rings is 1. The molecular formula is C26H32O2S2. The van der Waals surface area contributed by atoms with Gasteiger partial charge in [0, 0.05) is 10.5 Å². The van der Waals surface area contributed by atoms with Gasteiger partial charge in [0.2, 0.25) is 0 Å². The number of unbranched alkanes of at least 4 members (excludes halogenated alkanes) is 5. The van der Waals surface area contributed by atoms with Gasteiger partial charge in [-0.2, -0.15) is 0 Å². The molecule has 2 heterocycles. The summed E-state index contributed by atoms with van der Waals surface area (Å²) < 4.78 is 5.42. The van der Waals surface area contributed by atoms with E-state index in [9.17, 15) is 4.79 Å². The van der Waals surface area contributed by atoms with E-state index in [2.05, 4.69) is 50.8 Å². The van der Waals surface area contributed by atoms with Gasteiger partial charge in [0.25, 0.3) is 0 Å². The van der Waals surface area contributed by atoms with Crippen LogP contribution >= 0.6 is 23.1 Å². The van der Waals surface area contributed by atoms with Crippen LogP contribution in [0, 0.1) is 11.8 Å². The summed E-state index contributed by atoms with van der Waals surface area (Å²) in [5.74, 6) is 7.45. The average molecular weight is 441 g/mol. The first-order valence-electron chi connectivity index (χ1n) is 11.1. The summed E-state index contributed by atoms with van der Waals surface area (Å²) in [6.07, 6.45) is 8.31. The predicted octanol–water partition coefficient (Wildman–Crippen LogP) is 7.44. The second kappa shape index (κ2) is 11.1. The van der Waals surface area contributed by atoms with Crippen molar-refractivity contribution in [3.05, 3.63) is 51.2 Å². The van der Waals surface area contributed by atoms with Crippen LogP contribution in [0.25, 0.3) is 0 Å². The molecule has 0 bridgehead atoms. The van der Waals surface area contributed by atoms with Gasteiger partial charge >= 0.3 is 5.97 Å². The van der Waals surface area contributed by atoms with Gasteiger partial charge in [-0.25, -0.2) is 4.79 Å². The van der Waals surface area contributed by atoms with E-state index in [-0.39, 0.29) is 11.4 Å². The quantitative estimate of drug-likeness (QED) is 0.242. The maximum atomic E-state index is 12.2. The van der Waals surface area contributed by atoms with Gasteiger partial charge in [-0.05, 0) is 59.9 Å². The minimum Gasteiger partial charge on any atom is -0.462 e. The lowest BCUT2D eigenvalue weighted by atomic mass is 9.81. The monoisotopic (exact) mass is 440 g/mol. The van der Waals surface area contributed by atoms with Gasteiger partial charge in [0.15, 0.2) is 0 Å². The highest BCUT2D eigenvalue weighted by atomic mass is 32.2. The summed E-state index contributed by atoms with van der Waals surface area (Å²) in [5, 5.41) is 0. The summed E-state index contributed by atoms with van der Waals surface area (Å²) >= 11 is 3.35. The molecule has 1 aliphatic heterocycles. The van der Waals surface area contributed by atoms with E-state index in [4.69, 9.17) is 4.74 Å². The molecule has 0 atom stereocenters. The van der Waals surface area contributed by atoms with Crippen LogP contribution in [0.2, 0.25) is 0 Å². The van der Waals surface area contributed by atoms with Crippen molar-refractivity contribution in [3.63, 3.8) is 0 Å². The molecule has 30 heavy (non-hydrogen) atoms. The Balaban J connectivity index is 1.54. The molecule has 0 radical (unpaired) electrons. The molecule has 1 aromatic heterocycles. The second-order valence-electron chi connectivity index (χ2n) is 8.51. The van der Waals surface area contributed by atoms with E-state index in [1.807, 2.05) is 23.9 Å². The minimum atomic E-state index is -0.228. The highest BCUT2D eigenvalue weighted by molar-refractivity contribution is 7.99. The van der Waals surface area contributed by atoms with Gasteiger partial charge in [0.1, 0.15) is 4.88 Å². The maximum absolute atomic E-state index is 12.2. The molecule has 160 valence electrons. The Hall–Kier alpha value is -1.70. The van der Waals surface area contributed by atoms with Crippen molar-refractivity contribution in [2.24, 2.45) is 0 Å². The molecular weight excluding hydrogens is 408 g/mol. The van der Waals surface area contributed by atoms with Crippen molar-refractivity contribution in [1.29, 1.82) is 0 Å². The van der Waals surface area contributed by atoms with Gasteiger partial charge in [-0.15, -0.1) is 23.1 Å². The molecule has 2 aromatic rings. The highest BCUT2D eigenvalue weighted by Crippen LogP contribution is 2.41. The largest absolute Gasteiger partial charge is 0.462 e. The Labute approximate surface area is 189 Å². The fourth-order valence-corrected chi connectivity index (χ4v) is 5.82. The van der Waals surface area contributed by atoms with Crippen LogP contribution in [0.4, 0.5) is 0 Å². The van der Waals surface area contributed by atoms with Crippen molar-refractivity contribution in [1.82, 2.24) is 0 Å². The van der Waals surface area contributed by atoms with Crippen LogP contribution in [0.3, 0.4) is 0 Å². The van der Waals surface area contributed by atoms with Crippen molar-refractivity contribution >= 4 is 29.1 Å². The Kier molecular flexibility index (Phi) is 8.48. The smallest absolute Gasteiger partial charge is 0.348 e. The third kappa shape index (κ3) is 6.40. The standard InChI is InChI=1S/C26H32O2S2/c1-4-5-6-7-8-9-17-28-25(27)24-15-13-21(30-24)12-10-20-11-14-23-22(19-20)26(2,3)16-18-29-23/h11,13-15,19H,4-9,16-18H2,1-3H3. The SMILES string of the molecule is CCCCCCCCOC(=O)c1ccc(C#Cc2ccc3c(c2)C(C)(C)CCS3)s1. The number of ether oxygens (including phenoxy) is 1. The first-order valence-corrected chi connectivity index (χ1v) is 12.9. The molecule has 1 aliphatic rings. The number of carbonyl (C=O) groups is 1. The van der Waals surface area contributed by atoms with Crippen LogP contribution in [0.1, 0.15) is 91.4 Å². The number of hydrogen-bond donors (Lipinski definition) is 0. The summed E-state index contributed by atoms with van der Waals surface area (Å²) in [7, 11) is 0. The third-order valence-electron chi connectivity index (χ3n) is 5.56. The molecule has 4 heteroatoms. The van der Waals surface area contributed by atoms with Crippen LogP contribution in [-0.2, 0) is 10.2 Å². The van der Waals surface area contributed by atoms with Crippen LogP contribution in [0.5, 0.6) is 0 Å². The Morgan fingerprint density at radius 2 is 1.87 bits per heavy atom. The van der Waals surface area contributed by atoms with E-state index in [1.54, 1.807) is 0 Å². The first kappa shape index (κ1) is 23.0. The summed E-state index contributed by atoms with van der Waals surface area (Å²) in [5.41, 5.74) is 2.63. The Morgan fingerprint density at radius 1 is 1.07 bits per heavy atom. The lowest BCUT2D eigenvalue weighted by Gasteiger charge is -2.32. The normalized spacial score (nSPS) is 14.5. The molecule has 0 fully saturated rings. The fourth-order valence-electron chi connectivity index (χ4n) is 3.58. The zero-order valence-electron chi connectivity index (χ0n) is 18.4. The number of esters is 1. The second-order valence-corrected chi connectivity index (χ2v) is 10.7.